The van der Waals surface area contributed by atoms with Crippen LogP contribution in [0.2, 0.25) is 0 Å². The predicted molar refractivity (Wildman–Crippen MR) is 146 cm³/mol. The number of nitrogens with zero attached hydrogens (tertiary/aromatic N) is 1. The van der Waals surface area contributed by atoms with Crippen LogP contribution in [-0.4, -0.2) is 37.1 Å². The fourth-order valence-corrected chi connectivity index (χ4v) is 4.04. The van der Waals surface area contributed by atoms with Crippen LogP contribution in [0.4, 0.5) is 15.8 Å². The lowest BCUT2D eigenvalue weighted by atomic mass is 10.1. The molecule has 0 aliphatic carbocycles. The summed E-state index contributed by atoms with van der Waals surface area (Å²) in [5, 5.41) is 8.99. The Morgan fingerprint density at radius 3 is 2.26 bits per heavy atom. The van der Waals surface area contributed by atoms with Gasteiger partial charge in [0.1, 0.15) is 5.82 Å². The molecule has 198 valence electrons. The number of ether oxygens (including phenoxy) is 2. The summed E-state index contributed by atoms with van der Waals surface area (Å²) >= 11 is 3.44. The predicted octanol–water partition coefficient (Wildman–Crippen LogP) is 4.71. The highest BCUT2D eigenvalue weighted by Gasteiger charge is 2.14. The molecule has 0 fully saturated rings. The third kappa shape index (κ3) is 8.13. The van der Waals surface area contributed by atoms with Gasteiger partial charge in [-0.2, -0.15) is 5.10 Å². The SMILES string of the molecule is CCOc1cc(/C=N\NC(=O)C(=O)Nc2ccc(F)cc2)ccc1OCC(=O)Nc1c(C)cc(Br)cc1C. The molecule has 0 saturated carbocycles. The second-order valence-electron chi connectivity index (χ2n) is 8.05. The van der Waals surface area contributed by atoms with E-state index in [1.165, 1.54) is 18.3 Å². The monoisotopic (exact) mass is 584 g/mol. The van der Waals surface area contributed by atoms with Gasteiger partial charge in [-0.15, -0.1) is 0 Å². The van der Waals surface area contributed by atoms with Gasteiger partial charge in [-0.3, -0.25) is 14.4 Å². The maximum Gasteiger partial charge on any atom is 0.329 e. The van der Waals surface area contributed by atoms with E-state index in [1.54, 1.807) is 25.1 Å². The highest BCUT2D eigenvalue weighted by molar-refractivity contribution is 9.10. The highest BCUT2D eigenvalue weighted by Crippen LogP contribution is 2.29. The molecule has 0 aliphatic rings. The normalized spacial score (nSPS) is 10.7. The molecular formula is C27H26BrFN4O5. The largest absolute Gasteiger partial charge is 0.490 e. The second kappa shape index (κ2) is 13.3. The first-order chi connectivity index (χ1) is 18.2. The van der Waals surface area contributed by atoms with Crippen molar-refractivity contribution in [1.82, 2.24) is 5.43 Å². The molecule has 0 spiro atoms. The number of halogens is 2. The van der Waals surface area contributed by atoms with E-state index in [4.69, 9.17) is 9.47 Å². The van der Waals surface area contributed by atoms with Gasteiger partial charge in [0.15, 0.2) is 18.1 Å². The number of rotatable bonds is 9. The quantitative estimate of drug-likeness (QED) is 0.191. The molecule has 0 radical (unpaired) electrons. The number of hydrazone groups is 1. The Hall–Kier alpha value is -4.25. The summed E-state index contributed by atoms with van der Waals surface area (Å²) < 4.78 is 25.2. The maximum atomic E-state index is 13.0. The molecule has 3 aromatic carbocycles. The summed E-state index contributed by atoms with van der Waals surface area (Å²) in [6.07, 6.45) is 1.32. The lowest BCUT2D eigenvalue weighted by molar-refractivity contribution is -0.136. The standard InChI is InChI=1S/C27H26BrFN4O5/c1-4-37-23-13-18(14-30-33-27(36)26(35)31-21-8-6-20(29)7-9-21)5-10-22(23)38-15-24(34)32-25-16(2)11-19(28)12-17(25)3/h5-14H,4,15H2,1-3H3,(H,31,35)(H,32,34)(H,33,36)/b30-14-. The summed E-state index contributed by atoms with van der Waals surface area (Å²) in [4.78, 5) is 36.4. The van der Waals surface area contributed by atoms with E-state index < -0.39 is 17.6 Å². The molecule has 0 aliphatic heterocycles. The molecule has 0 saturated heterocycles. The molecule has 0 unspecified atom stereocenters. The number of anilines is 2. The minimum Gasteiger partial charge on any atom is -0.490 e. The third-order valence-electron chi connectivity index (χ3n) is 5.08. The van der Waals surface area contributed by atoms with E-state index in [-0.39, 0.29) is 18.2 Å². The average molecular weight is 585 g/mol. The summed E-state index contributed by atoms with van der Waals surface area (Å²) in [6.45, 7) is 5.73. The van der Waals surface area contributed by atoms with Crippen molar-refractivity contribution < 1.29 is 28.2 Å². The Morgan fingerprint density at radius 2 is 1.61 bits per heavy atom. The Bertz CT molecular complexity index is 1340. The summed E-state index contributed by atoms with van der Waals surface area (Å²) in [6, 6.07) is 13.7. The van der Waals surface area contributed by atoms with Gasteiger partial charge >= 0.3 is 11.8 Å². The fourth-order valence-electron chi connectivity index (χ4n) is 3.36. The minimum absolute atomic E-state index is 0.234. The Morgan fingerprint density at radius 1 is 0.921 bits per heavy atom. The van der Waals surface area contributed by atoms with Crippen molar-refractivity contribution >= 4 is 51.2 Å². The molecule has 3 rings (SSSR count). The number of aryl methyl sites for hydroxylation is 2. The Balaban J connectivity index is 1.58. The molecule has 9 nitrogen and oxygen atoms in total. The Kier molecular flexibility index (Phi) is 9.94. The van der Waals surface area contributed by atoms with E-state index in [0.29, 0.717) is 23.7 Å². The zero-order valence-electron chi connectivity index (χ0n) is 20.9. The molecule has 3 amide bonds. The maximum absolute atomic E-state index is 13.0. The summed E-state index contributed by atoms with van der Waals surface area (Å²) in [5.74, 6) is -2.02. The van der Waals surface area contributed by atoms with Crippen molar-refractivity contribution in [3.05, 3.63) is 81.6 Å². The number of amides is 3. The van der Waals surface area contributed by atoms with Crippen LogP contribution in [0.15, 0.2) is 64.2 Å². The van der Waals surface area contributed by atoms with E-state index in [9.17, 15) is 18.8 Å². The van der Waals surface area contributed by atoms with E-state index in [2.05, 4.69) is 37.1 Å². The van der Waals surface area contributed by atoms with Gasteiger partial charge in [0.25, 0.3) is 5.91 Å². The topological polar surface area (TPSA) is 118 Å². The molecule has 0 heterocycles. The van der Waals surface area contributed by atoms with Crippen LogP contribution in [0.3, 0.4) is 0 Å². The average Bonchev–Trinajstić information content (AvgIpc) is 2.87. The van der Waals surface area contributed by atoms with Crippen molar-refractivity contribution in [1.29, 1.82) is 0 Å². The summed E-state index contributed by atoms with van der Waals surface area (Å²) in [5.41, 5.74) is 5.50. The van der Waals surface area contributed by atoms with Gasteiger partial charge in [0.2, 0.25) is 0 Å². The highest BCUT2D eigenvalue weighted by atomic mass is 79.9. The first-order valence-electron chi connectivity index (χ1n) is 11.5. The molecule has 3 N–H and O–H groups in total. The lowest BCUT2D eigenvalue weighted by Crippen LogP contribution is -2.32. The molecule has 11 heteroatoms. The van der Waals surface area contributed by atoms with Crippen LogP contribution in [-0.2, 0) is 14.4 Å². The van der Waals surface area contributed by atoms with E-state index >= 15 is 0 Å². The lowest BCUT2D eigenvalue weighted by Gasteiger charge is -2.14. The Labute approximate surface area is 227 Å². The van der Waals surface area contributed by atoms with Crippen LogP contribution in [0.5, 0.6) is 11.5 Å². The van der Waals surface area contributed by atoms with Crippen molar-refractivity contribution in [2.24, 2.45) is 5.10 Å². The number of hydrogen-bond donors (Lipinski definition) is 3. The molecule has 0 bridgehead atoms. The van der Waals surface area contributed by atoms with Gasteiger partial charge in [0, 0.05) is 15.8 Å². The molecule has 0 aromatic heterocycles. The van der Waals surface area contributed by atoms with Gasteiger partial charge < -0.3 is 20.1 Å². The number of carbonyl (C=O) groups excluding carboxylic acids is 3. The fraction of sp³-hybridized carbons (Fsp3) is 0.185. The van der Waals surface area contributed by atoms with Crippen LogP contribution in [0.25, 0.3) is 0 Å². The smallest absolute Gasteiger partial charge is 0.329 e. The van der Waals surface area contributed by atoms with Gasteiger partial charge in [-0.1, -0.05) is 15.9 Å². The molecule has 38 heavy (non-hydrogen) atoms. The van der Waals surface area contributed by atoms with Crippen LogP contribution in [0.1, 0.15) is 23.6 Å². The number of benzene rings is 3. The van der Waals surface area contributed by atoms with Crippen LogP contribution >= 0.6 is 15.9 Å². The number of carbonyl (C=O) groups is 3. The van der Waals surface area contributed by atoms with Crippen LogP contribution in [0, 0.1) is 19.7 Å². The first kappa shape index (κ1) is 28.3. The molecule has 0 atom stereocenters. The van der Waals surface area contributed by atoms with Gasteiger partial charge in [0.05, 0.1) is 12.8 Å². The van der Waals surface area contributed by atoms with Crippen molar-refractivity contribution in [3.63, 3.8) is 0 Å². The van der Waals surface area contributed by atoms with Crippen LogP contribution < -0.4 is 25.5 Å². The van der Waals surface area contributed by atoms with Gasteiger partial charge in [-0.05, 0) is 92.1 Å². The van der Waals surface area contributed by atoms with Crippen molar-refractivity contribution in [2.45, 2.75) is 20.8 Å². The van der Waals surface area contributed by atoms with Crippen molar-refractivity contribution in [3.8, 4) is 11.5 Å². The number of hydrogen-bond acceptors (Lipinski definition) is 6. The first-order valence-corrected chi connectivity index (χ1v) is 12.3. The minimum atomic E-state index is -1.00. The van der Waals surface area contributed by atoms with Crippen molar-refractivity contribution in [2.75, 3.05) is 23.8 Å². The zero-order chi connectivity index (χ0) is 27.7. The number of nitrogens with one attached hydrogen (secondary N) is 3. The van der Waals surface area contributed by atoms with E-state index in [1.807, 2.05) is 26.0 Å². The second-order valence-corrected chi connectivity index (χ2v) is 8.97. The van der Waals surface area contributed by atoms with E-state index in [0.717, 1.165) is 33.4 Å². The van der Waals surface area contributed by atoms with Gasteiger partial charge in [-0.25, -0.2) is 9.82 Å². The molecule has 3 aromatic rings. The third-order valence-corrected chi connectivity index (χ3v) is 5.53. The molecular weight excluding hydrogens is 559 g/mol. The zero-order valence-corrected chi connectivity index (χ0v) is 22.5. The summed E-state index contributed by atoms with van der Waals surface area (Å²) in [7, 11) is 0.